The zero-order chi connectivity index (χ0) is 16.4. The molecule has 0 aliphatic rings. The first kappa shape index (κ1) is 14.8. The highest BCUT2D eigenvalue weighted by molar-refractivity contribution is 5.92. The molecule has 3 aromatic rings. The van der Waals surface area contributed by atoms with E-state index in [-0.39, 0.29) is 18.1 Å². The molecule has 1 amide bonds. The summed E-state index contributed by atoms with van der Waals surface area (Å²) in [6, 6.07) is 15.8. The molecule has 2 aromatic carbocycles. The van der Waals surface area contributed by atoms with Crippen molar-refractivity contribution in [3.05, 3.63) is 70.4 Å². The summed E-state index contributed by atoms with van der Waals surface area (Å²) in [5, 5.41) is 14.6. The van der Waals surface area contributed by atoms with Gasteiger partial charge in [-0.2, -0.15) is 0 Å². The van der Waals surface area contributed by atoms with Gasteiger partial charge in [0.2, 0.25) is 5.91 Å². The lowest BCUT2D eigenvalue weighted by Gasteiger charge is -2.09. The van der Waals surface area contributed by atoms with Crippen molar-refractivity contribution >= 4 is 28.2 Å². The molecule has 0 saturated carbocycles. The highest BCUT2D eigenvalue weighted by atomic mass is 16.6. The van der Waals surface area contributed by atoms with E-state index < -0.39 is 4.92 Å². The maximum Gasteiger partial charge on any atom is 0.271 e. The Kier molecular flexibility index (Phi) is 3.80. The van der Waals surface area contributed by atoms with Gasteiger partial charge in [0.25, 0.3) is 5.69 Å². The van der Waals surface area contributed by atoms with Crippen LogP contribution in [-0.2, 0) is 11.3 Å². The topological polar surface area (TPSA) is 77.2 Å². The minimum absolute atomic E-state index is 0.0506. The third kappa shape index (κ3) is 3.06. The second kappa shape index (κ2) is 5.92. The van der Waals surface area contributed by atoms with Crippen molar-refractivity contribution in [2.24, 2.45) is 0 Å². The van der Waals surface area contributed by atoms with Gasteiger partial charge in [-0.25, -0.2) is 0 Å². The van der Waals surface area contributed by atoms with Crippen LogP contribution in [0.4, 0.5) is 11.4 Å². The molecule has 0 unspecified atom stereocenters. The summed E-state index contributed by atoms with van der Waals surface area (Å²) in [4.78, 5) is 22.5. The van der Waals surface area contributed by atoms with Crippen LogP contribution < -0.4 is 5.32 Å². The number of nitro benzene ring substituents is 1. The predicted molar refractivity (Wildman–Crippen MR) is 88.4 cm³/mol. The van der Waals surface area contributed by atoms with Crippen molar-refractivity contribution in [2.45, 2.75) is 13.5 Å². The summed E-state index contributed by atoms with van der Waals surface area (Å²) in [5.74, 6) is -0.227. The number of fused-ring (bicyclic) bond motifs is 1. The number of nitrogens with one attached hydrogen (secondary N) is 1. The number of nitro groups is 1. The number of hydrogen-bond donors (Lipinski definition) is 1. The molecule has 0 aliphatic heterocycles. The molecule has 0 fully saturated rings. The first-order valence-electron chi connectivity index (χ1n) is 7.14. The Balaban J connectivity index is 1.80. The number of carbonyl (C=O) groups excluding carboxylic acids is 1. The summed E-state index contributed by atoms with van der Waals surface area (Å²) in [7, 11) is 0. The average Bonchev–Trinajstić information content (AvgIpc) is 2.83. The Morgan fingerprint density at radius 3 is 2.74 bits per heavy atom. The first-order chi connectivity index (χ1) is 11.0. The molecule has 1 heterocycles. The first-order valence-corrected chi connectivity index (χ1v) is 7.14. The fourth-order valence-electron chi connectivity index (χ4n) is 2.60. The summed E-state index contributed by atoms with van der Waals surface area (Å²) in [6.45, 7) is 2.10. The smallest absolute Gasteiger partial charge is 0.271 e. The molecule has 23 heavy (non-hydrogen) atoms. The Labute approximate surface area is 132 Å². The number of aromatic nitrogens is 1. The van der Waals surface area contributed by atoms with E-state index in [9.17, 15) is 14.9 Å². The molecule has 0 spiro atoms. The Morgan fingerprint density at radius 1 is 1.17 bits per heavy atom. The number of amides is 1. The largest absolute Gasteiger partial charge is 0.335 e. The number of anilines is 1. The van der Waals surface area contributed by atoms with E-state index in [4.69, 9.17) is 0 Å². The molecule has 1 aromatic heterocycles. The van der Waals surface area contributed by atoms with E-state index in [1.54, 1.807) is 12.1 Å². The molecule has 1 N–H and O–H groups in total. The van der Waals surface area contributed by atoms with Crippen LogP contribution >= 0.6 is 0 Å². The normalized spacial score (nSPS) is 10.7. The maximum atomic E-state index is 12.3. The van der Waals surface area contributed by atoms with Crippen LogP contribution in [0.3, 0.4) is 0 Å². The molecule has 6 nitrogen and oxygen atoms in total. The highest BCUT2D eigenvalue weighted by Gasteiger charge is 2.11. The van der Waals surface area contributed by atoms with Crippen molar-refractivity contribution in [3.63, 3.8) is 0 Å². The zero-order valence-electron chi connectivity index (χ0n) is 12.5. The van der Waals surface area contributed by atoms with Crippen molar-refractivity contribution in [1.29, 1.82) is 0 Å². The van der Waals surface area contributed by atoms with Gasteiger partial charge < -0.3 is 9.88 Å². The number of hydrogen-bond acceptors (Lipinski definition) is 3. The molecule has 0 radical (unpaired) electrons. The Bertz CT molecular complexity index is 899. The molecule has 0 atom stereocenters. The molecule has 0 bridgehead atoms. The Hall–Kier alpha value is -3.15. The SMILES string of the molecule is Cc1cc2ccccc2n1CC(=O)Nc1cccc([N+](=O)[O-])c1. The van der Waals surface area contributed by atoms with Gasteiger partial charge in [0.1, 0.15) is 6.54 Å². The number of non-ortho nitro benzene ring substituents is 1. The number of rotatable bonds is 4. The molecule has 0 aliphatic carbocycles. The van der Waals surface area contributed by atoms with E-state index in [2.05, 4.69) is 5.32 Å². The summed E-state index contributed by atoms with van der Waals surface area (Å²) >= 11 is 0. The maximum absolute atomic E-state index is 12.3. The average molecular weight is 309 g/mol. The lowest BCUT2D eigenvalue weighted by atomic mass is 10.2. The van der Waals surface area contributed by atoms with Crippen LogP contribution in [0, 0.1) is 17.0 Å². The second-order valence-corrected chi connectivity index (χ2v) is 5.29. The Morgan fingerprint density at radius 2 is 1.96 bits per heavy atom. The monoisotopic (exact) mass is 309 g/mol. The molecule has 116 valence electrons. The van der Waals surface area contributed by atoms with Crippen molar-refractivity contribution in [2.75, 3.05) is 5.32 Å². The van der Waals surface area contributed by atoms with E-state index in [1.807, 2.05) is 41.8 Å². The van der Waals surface area contributed by atoms with E-state index in [0.29, 0.717) is 5.69 Å². The van der Waals surface area contributed by atoms with Gasteiger partial charge in [0.05, 0.1) is 4.92 Å². The molecular formula is C17H15N3O3. The van der Waals surface area contributed by atoms with E-state index >= 15 is 0 Å². The van der Waals surface area contributed by atoms with Gasteiger partial charge in [-0.3, -0.25) is 14.9 Å². The van der Waals surface area contributed by atoms with Crippen LogP contribution in [0.15, 0.2) is 54.6 Å². The summed E-state index contributed by atoms with van der Waals surface area (Å²) in [5.41, 5.74) is 2.34. The van der Waals surface area contributed by atoms with Gasteiger partial charge in [-0.1, -0.05) is 24.3 Å². The molecule has 6 heteroatoms. The number of carbonyl (C=O) groups is 1. The lowest BCUT2D eigenvalue weighted by molar-refractivity contribution is -0.384. The van der Waals surface area contributed by atoms with Crippen molar-refractivity contribution in [1.82, 2.24) is 4.57 Å². The lowest BCUT2D eigenvalue weighted by Crippen LogP contribution is -2.19. The molecular weight excluding hydrogens is 294 g/mol. The third-order valence-electron chi connectivity index (χ3n) is 3.66. The predicted octanol–water partition coefficient (Wildman–Crippen LogP) is 3.50. The van der Waals surface area contributed by atoms with E-state index in [1.165, 1.54) is 12.1 Å². The number of aryl methyl sites for hydroxylation is 1. The fourth-order valence-corrected chi connectivity index (χ4v) is 2.60. The van der Waals surface area contributed by atoms with Gasteiger partial charge in [0.15, 0.2) is 0 Å². The summed E-state index contributed by atoms with van der Waals surface area (Å²) in [6.07, 6.45) is 0. The number of para-hydroxylation sites is 1. The highest BCUT2D eigenvalue weighted by Crippen LogP contribution is 2.20. The van der Waals surface area contributed by atoms with Crippen molar-refractivity contribution in [3.8, 4) is 0 Å². The molecule has 3 rings (SSSR count). The van der Waals surface area contributed by atoms with Crippen molar-refractivity contribution < 1.29 is 9.72 Å². The second-order valence-electron chi connectivity index (χ2n) is 5.29. The fraction of sp³-hybridized carbons (Fsp3) is 0.118. The van der Waals surface area contributed by atoms with Gasteiger partial charge in [-0.05, 0) is 30.5 Å². The minimum Gasteiger partial charge on any atom is -0.335 e. The molecule has 0 saturated heterocycles. The van der Waals surface area contributed by atoms with Crippen LogP contribution in [0.5, 0.6) is 0 Å². The van der Waals surface area contributed by atoms with Crippen LogP contribution in [0.1, 0.15) is 5.69 Å². The minimum atomic E-state index is -0.487. The third-order valence-corrected chi connectivity index (χ3v) is 3.66. The standard InChI is InChI=1S/C17H15N3O3/c1-12-9-13-5-2-3-8-16(13)19(12)11-17(21)18-14-6-4-7-15(10-14)20(22)23/h2-10H,11H2,1H3,(H,18,21). The van der Waals surface area contributed by atoms with E-state index in [0.717, 1.165) is 16.6 Å². The zero-order valence-corrected chi connectivity index (χ0v) is 12.5. The quantitative estimate of drug-likeness (QED) is 0.592. The van der Waals surface area contributed by atoms with Crippen LogP contribution in [0.2, 0.25) is 0 Å². The van der Waals surface area contributed by atoms with Gasteiger partial charge in [0, 0.05) is 29.0 Å². The van der Waals surface area contributed by atoms with Crippen LogP contribution in [-0.4, -0.2) is 15.4 Å². The van der Waals surface area contributed by atoms with Crippen LogP contribution in [0.25, 0.3) is 10.9 Å². The number of benzene rings is 2. The number of nitrogens with zero attached hydrogens (tertiary/aromatic N) is 2. The van der Waals surface area contributed by atoms with Gasteiger partial charge in [-0.15, -0.1) is 0 Å². The summed E-state index contributed by atoms with van der Waals surface area (Å²) < 4.78 is 1.92. The van der Waals surface area contributed by atoms with Gasteiger partial charge >= 0.3 is 0 Å².